The van der Waals surface area contributed by atoms with Gasteiger partial charge in [0, 0.05) is 11.7 Å². The van der Waals surface area contributed by atoms with Gasteiger partial charge in [-0.25, -0.2) is 0 Å². The van der Waals surface area contributed by atoms with Crippen LogP contribution in [0.3, 0.4) is 0 Å². The minimum Gasteiger partial charge on any atom is -0.406 e. The van der Waals surface area contributed by atoms with Crippen molar-refractivity contribution in [1.29, 1.82) is 0 Å². The van der Waals surface area contributed by atoms with Crippen molar-refractivity contribution >= 4 is 11.7 Å². The van der Waals surface area contributed by atoms with E-state index in [0.717, 1.165) is 5.69 Å². The molecule has 1 heterocycles. The fraction of sp³-hybridized carbons (Fsp3) is 0.429. The van der Waals surface area contributed by atoms with Crippen molar-refractivity contribution in [3.05, 3.63) is 35.2 Å². The zero-order valence-electron chi connectivity index (χ0n) is 11.2. The van der Waals surface area contributed by atoms with Crippen LogP contribution in [0.15, 0.2) is 22.6 Å². The Morgan fingerprint density at radius 3 is 2.89 bits per heavy atom. The molecule has 0 unspecified atom stereocenters. The van der Waals surface area contributed by atoms with Crippen molar-refractivity contribution in [1.82, 2.24) is 15.5 Å². The molecule has 3 rings (SSSR count). The topological polar surface area (TPSA) is 63.0 Å². The largest absolute Gasteiger partial charge is 0.406 e. The van der Waals surface area contributed by atoms with Crippen LogP contribution in [0, 0.1) is 13.8 Å². The first-order valence-electron chi connectivity index (χ1n) is 6.61. The summed E-state index contributed by atoms with van der Waals surface area (Å²) >= 11 is 0. The van der Waals surface area contributed by atoms with E-state index in [2.05, 4.69) is 40.7 Å². The molecule has 1 saturated carbocycles. The summed E-state index contributed by atoms with van der Waals surface area (Å²) in [7, 11) is 0. The molecule has 0 atom stereocenters. The van der Waals surface area contributed by atoms with Gasteiger partial charge in [-0.2, -0.15) is 0 Å². The van der Waals surface area contributed by atoms with Crippen LogP contribution < -0.4 is 10.6 Å². The number of nitrogens with one attached hydrogen (secondary N) is 2. The number of aromatic nitrogens is 2. The third-order valence-electron chi connectivity index (χ3n) is 3.43. The van der Waals surface area contributed by atoms with Gasteiger partial charge >= 0.3 is 6.01 Å². The van der Waals surface area contributed by atoms with Gasteiger partial charge in [0.15, 0.2) is 0 Å². The Morgan fingerprint density at radius 2 is 2.11 bits per heavy atom. The Hall–Kier alpha value is -1.88. The van der Waals surface area contributed by atoms with Crippen LogP contribution in [-0.2, 0) is 6.54 Å². The molecule has 1 fully saturated rings. The molecular weight excluding hydrogens is 240 g/mol. The summed E-state index contributed by atoms with van der Waals surface area (Å²) in [6.07, 6.45) is 2.50. The molecule has 5 heteroatoms. The molecule has 5 nitrogen and oxygen atoms in total. The van der Waals surface area contributed by atoms with Crippen molar-refractivity contribution in [3.63, 3.8) is 0 Å². The van der Waals surface area contributed by atoms with Gasteiger partial charge in [-0.15, -0.1) is 5.10 Å². The highest BCUT2D eigenvalue weighted by atomic mass is 16.4. The average Bonchev–Trinajstić information content (AvgIpc) is 3.13. The standard InChI is InChI=1S/C14H18N4O/c1-9-4-3-5-12(10(9)2)16-14-18-17-13(19-14)8-15-11-6-7-11/h3-5,11,15H,6-8H2,1-2H3,(H,16,18). The van der Waals surface area contributed by atoms with Crippen molar-refractivity contribution in [2.24, 2.45) is 0 Å². The summed E-state index contributed by atoms with van der Waals surface area (Å²) in [6, 6.07) is 7.19. The zero-order valence-corrected chi connectivity index (χ0v) is 11.2. The van der Waals surface area contributed by atoms with E-state index < -0.39 is 0 Å². The summed E-state index contributed by atoms with van der Waals surface area (Å²) < 4.78 is 5.56. The second kappa shape index (κ2) is 5.01. The maximum absolute atomic E-state index is 5.56. The minimum absolute atomic E-state index is 0.446. The van der Waals surface area contributed by atoms with Gasteiger partial charge < -0.3 is 15.1 Å². The first-order valence-corrected chi connectivity index (χ1v) is 6.61. The summed E-state index contributed by atoms with van der Waals surface area (Å²) in [4.78, 5) is 0. The highest BCUT2D eigenvalue weighted by molar-refractivity contribution is 5.59. The predicted molar refractivity (Wildman–Crippen MR) is 73.4 cm³/mol. The molecule has 0 aliphatic heterocycles. The molecule has 0 amide bonds. The monoisotopic (exact) mass is 258 g/mol. The SMILES string of the molecule is Cc1cccc(Nc2nnc(CNC3CC3)o2)c1C. The summed E-state index contributed by atoms with van der Waals surface area (Å²) in [5.74, 6) is 0.625. The lowest BCUT2D eigenvalue weighted by atomic mass is 10.1. The van der Waals surface area contributed by atoms with E-state index in [-0.39, 0.29) is 0 Å². The van der Waals surface area contributed by atoms with E-state index in [4.69, 9.17) is 4.42 Å². The first kappa shape index (κ1) is 12.2. The fourth-order valence-electron chi connectivity index (χ4n) is 1.90. The summed E-state index contributed by atoms with van der Waals surface area (Å²) in [5, 5.41) is 14.6. The van der Waals surface area contributed by atoms with E-state index in [9.17, 15) is 0 Å². The Kier molecular flexibility index (Phi) is 3.21. The minimum atomic E-state index is 0.446. The maximum Gasteiger partial charge on any atom is 0.320 e. The van der Waals surface area contributed by atoms with Crippen LogP contribution in [-0.4, -0.2) is 16.2 Å². The Bertz CT molecular complexity index is 575. The molecule has 0 saturated heterocycles. The lowest BCUT2D eigenvalue weighted by Gasteiger charge is -2.07. The quantitative estimate of drug-likeness (QED) is 0.863. The zero-order chi connectivity index (χ0) is 13.2. The number of nitrogens with zero attached hydrogens (tertiary/aromatic N) is 2. The highest BCUT2D eigenvalue weighted by Gasteiger charge is 2.21. The number of rotatable bonds is 5. The molecule has 1 aliphatic carbocycles. The molecular formula is C14H18N4O. The van der Waals surface area contributed by atoms with Crippen LogP contribution in [0.25, 0.3) is 0 Å². The third-order valence-corrected chi connectivity index (χ3v) is 3.43. The van der Waals surface area contributed by atoms with Gasteiger partial charge in [0.05, 0.1) is 6.54 Å². The highest BCUT2D eigenvalue weighted by Crippen LogP contribution is 2.22. The first-order chi connectivity index (χ1) is 9.22. The van der Waals surface area contributed by atoms with Gasteiger partial charge in [0.2, 0.25) is 5.89 Å². The second-order valence-corrected chi connectivity index (χ2v) is 5.03. The molecule has 100 valence electrons. The molecule has 1 aromatic heterocycles. The lowest BCUT2D eigenvalue weighted by molar-refractivity contribution is 0.478. The van der Waals surface area contributed by atoms with Gasteiger partial charge in [0.1, 0.15) is 0 Å². The summed E-state index contributed by atoms with van der Waals surface area (Å²) in [5.41, 5.74) is 3.43. The van der Waals surface area contributed by atoms with Crippen LogP contribution >= 0.6 is 0 Å². The molecule has 0 bridgehead atoms. The average molecular weight is 258 g/mol. The molecule has 0 radical (unpaired) electrons. The van der Waals surface area contributed by atoms with Crippen molar-refractivity contribution in [3.8, 4) is 0 Å². The van der Waals surface area contributed by atoms with E-state index in [1.165, 1.54) is 24.0 Å². The van der Waals surface area contributed by atoms with Gasteiger partial charge in [0.25, 0.3) is 0 Å². The normalized spacial score (nSPS) is 14.6. The van der Waals surface area contributed by atoms with Crippen molar-refractivity contribution in [2.45, 2.75) is 39.3 Å². The Labute approximate surface area is 112 Å². The van der Waals surface area contributed by atoms with Crippen LogP contribution in [0.4, 0.5) is 11.7 Å². The van der Waals surface area contributed by atoms with E-state index in [1.54, 1.807) is 0 Å². The smallest absolute Gasteiger partial charge is 0.320 e. The number of hydrogen-bond acceptors (Lipinski definition) is 5. The fourth-order valence-corrected chi connectivity index (χ4v) is 1.90. The van der Waals surface area contributed by atoms with Crippen LogP contribution in [0.1, 0.15) is 29.9 Å². The van der Waals surface area contributed by atoms with Gasteiger partial charge in [-0.3, -0.25) is 0 Å². The number of benzene rings is 1. The van der Waals surface area contributed by atoms with E-state index >= 15 is 0 Å². The lowest BCUT2D eigenvalue weighted by Crippen LogP contribution is -2.15. The van der Waals surface area contributed by atoms with Gasteiger partial charge in [-0.05, 0) is 43.9 Å². The molecule has 0 spiro atoms. The Morgan fingerprint density at radius 1 is 1.26 bits per heavy atom. The van der Waals surface area contributed by atoms with Crippen molar-refractivity contribution < 1.29 is 4.42 Å². The molecule has 1 aliphatic rings. The molecule has 2 aromatic rings. The Balaban J connectivity index is 1.67. The number of aryl methyl sites for hydroxylation is 1. The molecule has 2 N–H and O–H groups in total. The summed E-state index contributed by atoms with van der Waals surface area (Å²) in [6.45, 7) is 4.80. The van der Waals surface area contributed by atoms with E-state index in [1.807, 2.05) is 12.1 Å². The number of anilines is 2. The van der Waals surface area contributed by atoms with Crippen molar-refractivity contribution in [2.75, 3.05) is 5.32 Å². The van der Waals surface area contributed by atoms with Crippen LogP contribution in [0.2, 0.25) is 0 Å². The third kappa shape index (κ3) is 2.93. The van der Waals surface area contributed by atoms with Crippen LogP contribution in [0.5, 0.6) is 0 Å². The van der Waals surface area contributed by atoms with Gasteiger partial charge in [-0.1, -0.05) is 17.2 Å². The van der Waals surface area contributed by atoms with E-state index in [0.29, 0.717) is 24.5 Å². The second-order valence-electron chi connectivity index (χ2n) is 5.03. The molecule has 19 heavy (non-hydrogen) atoms. The predicted octanol–water partition coefficient (Wildman–Crippen LogP) is 2.68. The maximum atomic E-state index is 5.56. The molecule has 1 aromatic carbocycles. The number of hydrogen-bond donors (Lipinski definition) is 2.